The molecule has 2 aliphatic heterocycles. The largest absolute Gasteiger partial charge is 0.340 e. The molecule has 0 radical (unpaired) electrons. The summed E-state index contributed by atoms with van der Waals surface area (Å²) < 4.78 is 3.32. The van der Waals surface area contributed by atoms with Crippen LogP contribution in [0.5, 0.6) is 0 Å². The molecule has 3 aromatic rings. The number of aromatic nitrogens is 2. The van der Waals surface area contributed by atoms with E-state index in [9.17, 15) is 4.79 Å². The third-order valence-corrected chi connectivity index (χ3v) is 7.28. The van der Waals surface area contributed by atoms with Crippen molar-refractivity contribution >= 4 is 32.9 Å². The number of piperidine rings is 1. The Balaban J connectivity index is 1.37. The number of likely N-dealkylation sites (N-methyl/N-ethyl adjacent to an activating group) is 1. The molecule has 168 valence electrons. The van der Waals surface area contributed by atoms with Crippen LogP contribution in [-0.2, 0) is 11.3 Å². The zero-order valence-corrected chi connectivity index (χ0v) is 20.2. The fourth-order valence-electron chi connectivity index (χ4n) is 4.95. The van der Waals surface area contributed by atoms with Crippen molar-refractivity contribution in [2.75, 3.05) is 46.3 Å². The minimum Gasteiger partial charge on any atom is -0.340 e. The van der Waals surface area contributed by atoms with E-state index in [2.05, 4.69) is 84.7 Å². The van der Waals surface area contributed by atoms with E-state index in [0.717, 1.165) is 85.7 Å². The fourth-order valence-corrected chi connectivity index (χ4v) is 5.21. The first-order valence-corrected chi connectivity index (χ1v) is 12.3. The molecule has 3 heterocycles. The molecular formula is C25H30BrN5O. The van der Waals surface area contributed by atoms with E-state index < -0.39 is 0 Å². The van der Waals surface area contributed by atoms with Gasteiger partial charge in [-0.1, -0.05) is 28.1 Å². The van der Waals surface area contributed by atoms with E-state index in [0.29, 0.717) is 5.91 Å². The Morgan fingerprint density at radius 2 is 1.78 bits per heavy atom. The number of benzene rings is 2. The van der Waals surface area contributed by atoms with E-state index in [1.54, 1.807) is 0 Å². The number of hydrogen-bond donors (Lipinski definition) is 0. The highest BCUT2D eigenvalue weighted by Gasteiger charge is 2.31. The zero-order valence-electron chi connectivity index (χ0n) is 18.6. The molecule has 7 heteroatoms. The van der Waals surface area contributed by atoms with Gasteiger partial charge in [-0.3, -0.25) is 14.3 Å². The summed E-state index contributed by atoms with van der Waals surface area (Å²) in [4.78, 5) is 24.9. The first-order valence-electron chi connectivity index (χ1n) is 11.5. The summed E-state index contributed by atoms with van der Waals surface area (Å²) in [6, 6.07) is 16.7. The standard InChI is InChI=1S/C25H30BrN5O/c1-28-13-15-30(16-14-28)25(32)19-5-4-12-29(17-19)18-24-27-22-6-2-3-7-23(22)31(24)21-10-8-20(26)9-11-21/h2-3,6-11,19H,4-5,12-18H2,1H3/t19-/m0/s1. The number of nitrogens with zero attached hydrogens (tertiary/aromatic N) is 5. The van der Waals surface area contributed by atoms with Crippen molar-refractivity contribution in [3.05, 3.63) is 58.8 Å². The van der Waals surface area contributed by atoms with Crippen LogP contribution in [0, 0.1) is 5.92 Å². The Hall–Kier alpha value is -2.22. The van der Waals surface area contributed by atoms with E-state index >= 15 is 0 Å². The first-order chi connectivity index (χ1) is 15.6. The van der Waals surface area contributed by atoms with Gasteiger partial charge in [0, 0.05) is 42.9 Å². The number of carbonyl (C=O) groups is 1. The average Bonchev–Trinajstić information content (AvgIpc) is 3.17. The highest BCUT2D eigenvalue weighted by molar-refractivity contribution is 9.10. The maximum absolute atomic E-state index is 13.2. The van der Waals surface area contributed by atoms with Crippen LogP contribution in [0.1, 0.15) is 18.7 Å². The van der Waals surface area contributed by atoms with Gasteiger partial charge >= 0.3 is 0 Å². The maximum Gasteiger partial charge on any atom is 0.227 e. The van der Waals surface area contributed by atoms with E-state index in [1.165, 1.54) is 0 Å². The Bertz CT molecular complexity index is 1090. The number of rotatable bonds is 4. The van der Waals surface area contributed by atoms with Crippen molar-refractivity contribution in [1.29, 1.82) is 0 Å². The highest BCUT2D eigenvalue weighted by atomic mass is 79.9. The van der Waals surface area contributed by atoms with Crippen molar-refractivity contribution in [2.45, 2.75) is 19.4 Å². The number of amides is 1. The van der Waals surface area contributed by atoms with Crippen LogP contribution in [-0.4, -0.2) is 76.5 Å². The second kappa shape index (κ2) is 9.33. The van der Waals surface area contributed by atoms with E-state index in [1.807, 2.05) is 6.07 Å². The van der Waals surface area contributed by atoms with Crippen LogP contribution < -0.4 is 0 Å². The second-order valence-corrected chi connectivity index (χ2v) is 9.95. The molecule has 1 atom stereocenters. The number of likely N-dealkylation sites (tertiary alicyclic amines) is 1. The molecule has 2 aromatic carbocycles. The molecule has 0 unspecified atom stereocenters. The second-order valence-electron chi connectivity index (χ2n) is 9.03. The lowest BCUT2D eigenvalue weighted by Crippen LogP contribution is -2.51. The summed E-state index contributed by atoms with van der Waals surface area (Å²) in [6.07, 6.45) is 2.05. The molecular weight excluding hydrogens is 466 g/mol. The van der Waals surface area contributed by atoms with Gasteiger partial charge in [0.25, 0.3) is 0 Å². The van der Waals surface area contributed by atoms with Crippen LogP contribution in [0.3, 0.4) is 0 Å². The van der Waals surface area contributed by atoms with Crippen LogP contribution in [0.15, 0.2) is 53.0 Å². The quantitative estimate of drug-likeness (QED) is 0.552. The third-order valence-electron chi connectivity index (χ3n) is 6.75. The summed E-state index contributed by atoms with van der Waals surface area (Å²) in [6.45, 7) is 6.22. The molecule has 5 rings (SSSR count). The average molecular weight is 496 g/mol. The number of imidazole rings is 1. The van der Waals surface area contributed by atoms with E-state index in [-0.39, 0.29) is 5.92 Å². The number of para-hydroxylation sites is 2. The number of fused-ring (bicyclic) bond motifs is 1. The SMILES string of the molecule is CN1CCN(C(=O)[C@H]2CCCN(Cc3nc4ccccc4n3-c3ccc(Br)cc3)C2)CC1. The van der Waals surface area contributed by atoms with Gasteiger partial charge in [0.1, 0.15) is 5.82 Å². The minimum absolute atomic E-state index is 0.0951. The maximum atomic E-state index is 13.2. The summed E-state index contributed by atoms with van der Waals surface area (Å²) in [7, 11) is 2.13. The predicted molar refractivity (Wildman–Crippen MR) is 131 cm³/mol. The van der Waals surface area contributed by atoms with Gasteiger partial charge in [-0.15, -0.1) is 0 Å². The first kappa shape index (κ1) is 21.6. The molecule has 0 N–H and O–H groups in total. The summed E-state index contributed by atoms with van der Waals surface area (Å²) in [5, 5.41) is 0. The normalized spacial score (nSPS) is 20.7. The van der Waals surface area contributed by atoms with Crippen molar-refractivity contribution in [3.8, 4) is 5.69 Å². The topological polar surface area (TPSA) is 44.6 Å². The fraction of sp³-hybridized carbons (Fsp3) is 0.440. The highest BCUT2D eigenvalue weighted by Crippen LogP contribution is 2.26. The Morgan fingerprint density at radius 3 is 2.56 bits per heavy atom. The molecule has 2 fully saturated rings. The van der Waals surface area contributed by atoms with Gasteiger partial charge < -0.3 is 9.80 Å². The van der Waals surface area contributed by atoms with Crippen LogP contribution in [0.2, 0.25) is 0 Å². The summed E-state index contributed by atoms with van der Waals surface area (Å²) >= 11 is 3.54. The number of carbonyl (C=O) groups excluding carboxylic acids is 1. The van der Waals surface area contributed by atoms with Crippen molar-refractivity contribution in [2.24, 2.45) is 5.92 Å². The monoisotopic (exact) mass is 495 g/mol. The summed E-state index contributed by atoms with van der Waals surface area (Å²) in [5.41, 5.74) is 3.23. The van der Waals surface area contributed by atoms with Crippen molar-refractivity contribution in [3.63, 3.8) is 0 Å². The van der Waals surface area contributed by atoms with Gasteiger partial charge in [-0.2, -0.15) is 0 Å². The van der Waals surface area contributed by atoms with E-state index in [4.69, 9.17) is 4.98 Å². The number of halogens is 1. The molecule has 0 spiro atoms. The number of hydrogen-bond acceptors (Lipinski definition) is 4. The molecule has 2 saturated heterocycles. The van der Waals surface area contributed by atoms with Crippen molar-refractivity contribution < 1.29 is 4.79 Å². The smallest absolute Gasteiger partial charge is 0.227 e. The van der Waals surface area contributed by atoms with Gasteiger partial charge in [-0.05, 0) is 62.8 Å². The molecule has 2 aliphatic rings. The molecule has 32 heavy (non-hydrogen) atoms. The molecule has 0 bridgehead atoms. The van der Waals surface area contributed by atoms with Crippen LogP contribution >= 0.6 is 15.9 Å². The lowest BCUT2D eigenvalue weighted by Gasteiger charge is -2.38. The number of piperazine rings is 1. The molecule has 1 amide bonds. The lowest BCUT2D eigenvalue weighted by molar-refractivity contribution is -0.139. The third kappa shape index (κ3) is 4.47. The predicted octanol–water partition coefficient (Wildman–Crippen LogP) is 3.77. The van der Waals surface area contributed by atoms with Crippen molar-refractivity contribution in [1.82, 2.24) is 24.3 Å². The van der Waals surface area contributed by atoms with Crippen LogP contribution in [0.25, 0.3) is 16.7 Å². The van der Waals surface area contributed by atoms with Crippen LogP contribution in [0.4, 0.5) is 0 Å². The summed E-state index contributed by atoms with van der Waals surface area (Å²) in [5.74, 6) is 1.46. The Morgan fingerprint density at radius 1 is 1.03 bits per heavy atom. The molecule has 1 aromatic heterocycles. The molecule has 6 nitrogen and oxygen atoms in total. The lowest BCUT2D eigenvalue weighted by atomic mass is 9.96. The van der Waals surface area contributed by atoms with Gasteiger partial charge in [0.15, 0.2) is 0 Å². The Labute approximate surface area is 197 Å². The van der Waals surface area contributed by atoms with Gasteiger partial charge in [-0.25, -0.2) is 4.98 Å². The molecule has 0 aliphatic carbocycles. The zero-order chi connectivity index (χ0) is 22.1. The minimum atomic E-state index is 0.0951. The molecule has 0 saturated carbocycles. The van der Waals surface area contributed by atoms with Gasteiger partial charge in [0.2, 0.25) is 5.91 Å². The van der Waals surface area contributed by atoms with Gasteiger partial charge in [0.05, 0.1) is 23.5 Å². The Kier molecular flexibility index (Phi) is 6.31.